The number of nitrogens with one attached hydrogen (secondary N) is 1. The molecule has 0 saturated carbocycles. The Labute approximate surface area is 217 Å². The van der Waals surface area contributed by atoms with E-state index < -0.39 is 23.8 Å². The first kappa shape index (κ1) is 26.2. The van der Waals surface area contributed by atoms with Crippen molar-refractivity contribution in [3.8, 4) is 0 Å². The van der Waals surface area contributed by atoms with Crippen molar-refractivity contribution in [1.82, 2.24) is 24.2 Å². The Morgan fingerprint density at radius 1 is 1.12 bits per heavy atom. The fraction of sp³-hybridized carbons (Fsp3) is 0.409. The van der Waals surface area contributed by atoms with Gasteiger partial charge in [-0.3, -0.25) is 4.98 Å². The van der Waals surface area contributed by atoms with Crippen molar-refractivity contribution in [3.63, 3.8) is 0 Å². The number of nitrogens with zero attached hydrogens (tertiary/aromatic N) is 5. The van der Waals surface area contributed by atoms with Crippen LogP contribution in [0.4, 0.5) is 19.0 Å². The number of benzene rings is 1. The molecule has 1 aromatic carbocycles. The van der Waals surface area contributed by atoms with Gasteiger partial charge in [0, 0.05) is 31.7 Å². The van der Waals surface area contributed by atoms with Crippen LogP contribution in [-0.2, 0) is 0 Å². The molecular weight excluding hydrogens is 460 g/mol. The first-order valence-electron chi connectivity index (χ1n) is 10.3. The second-order valence-electron chi connectivity index (χ2n) is 7.83. The minimum atomic E-state index is -2.88. The topological polar surface area (TPSA) is 57.2 Å². The summed E-state index contributed by atoms with van der Waals surface area (Å²) in [6.45, 7) is 7.29. The first-order valence-corrected chi connectivity index (χ1v) is 11.1. The quantitative estimate of drug-likeness (QED) is 0.324. The number of aromatic nitrogens is 3. The van der Waals surface area contributed by atoms with Crippen LogP contribution >= 0.6 is 11.9 Å². The summed E-state index contributed by atoms with van der Waals surface area (Å²) in [4.78, 5) is 16.3. The summed E-state index contributed by atoms with van der Waals surface area (Å²) in [5.74, 6) is 0.0632. The van der Waals surface area contributed by atoms with Crippen LogP contribution in [0.15, 0.2) is 29.2 Å². The first-order chi connectivity index (χ1) is 15.3. The van der Waals surface area contributed by atoms with E-state index in [1.54, 1.807) is 25.8 Å². The molecule has 0 bridgehead atoms. The smallest absolute Gasteiger partial charge is 0.368 e. The van der Waals surface area contributed by atoms with Crippen LogP contribution in [0.2, 0.25) is 0 Å². The van der Waals surface area contributed by atoms with E-state index in [0.29, 0.717) is 22.7 Å². The van der Waals surface area contributed by atoms with E-state index in [2.05, 4.69) is 42.7 Å². The fourth-order valence-corrected chi connectivity index (χ4v) is 4.47. The Hall–Kier alpha value is -1.43. The molecule has 0 amide bonds. The van der Waals surface area contributed by atoms with Crippen LogP contribution in [0.25, 0.3) is 11.0 Å². The molecule has 1 aliphatic rings. The zero-order chi connectivity index (χ0) is 22.8. The van der Waals surface area contributed by atoms with Gasteiger partial charge < -0.3 is 15.2 Å². The van der Waals surface area contributed by atoms with Gasteiger partial charge in [0.15, 0.2) is 0 Å². The second-order valence-corrected chi connectivity index (χ2v) is 8.97. The second kappa shape index (κ2) is 11.3. The summed E-state index contributed by atoms with van der Waals surface area (Å²) in [5.41, 5.74) is 0.00781. The molecule has 1 aliphatic heterocycles. The SMILES string of the molecule is Cc1nc(N[C@H](C)c2cccc(C(F)F)c2F)c2cc(SN3CCN(C)CC3)[c-]nc2n1.[Na+]. The molecule has 1 N–H and O–H groups in total. The van der Waals surface area contributed by atoms with Crippen LogP contribution in [0.1, 0.15) is 36.3 Å². The third kappa shape index (κ3) is 6.17. The standard InChI is InChI=1S/C22H24F3N6S.Na/c1-13(16-5-4-6-17(19(16)23)20(24)25)27-22-18-11-15(12-26-21(18)28-14(2)29-22)32-31-9-7-30(3)8-10-31;/h4-6,11,13,20H,7-10H2,1-3H3,(H,26,27,28,29);/q-1;+1/t13-;/m1./s1. The predicted molar refractivity (Wildman–Crippen MR) is 119 cm³/mol. The van der Waals surface area contributed by atoms with Gasteiger partial charge >= 0.3 is 29.6 Å². The van der Waals surface area contributed by atoms with Gasteiger partial charge in [-0.25, -0.2) is 22.5 Å². The Morgan fingerprint density at radius 2 is 1.82 bits per heavy atom. The minimum absolute atomic E-state index is 0. The van der Waals surface area contributed by atoms with Gasteiger partial charge in [0.1, 0.15) is 17.5 Å². The van der Waals surface area contributed by atoms with E-state index >= 15 is 0 Å². The summed E-state index contributed by atoms with van der Waals surface area (Å²) in [6, 6.07) is 5.34. The third-order valence-corrected chi connectivity index (χ3v) is 6.42. The monoisotopic (exact) mass is 484 g/mol. The Balaban J connectivity index is 0.00000306. The van der Waals surface area contributed by atoms with Gasteiger partial charge in [-0.05, 0) is 26.3 Å². The average Bonchev–Trinajstić information content (AvgIpc) is 2.75. The molecular formula is C22H24F3N6NaS. The number of alkyl halides is 2. The van der Waals surface area contributed by atoms with Gasteiger partial charge in [0.2, 0.25) is 0 Å². The maximum absolute atomic E-state index is 14.6. The Kier molecular flexibility index (Phi) is 8.99. The molecule has 0 radical (unpaired) electrons. The summed E-state index contributed by atoms with van der Waals surface area (Å²) in [5, 5.41) is 3.84. The molecule has 0 spiro atoms. The molecule has 0 unspecified atom stereocenters. The number of likely N-dealkylation sites (N-methyl/N-ethyl adjacent to an activating group) is 1. The number of hydrogen-bond acceptors (Lipinski definition) is 7. The minimum Gasteiger partial charge on any atom is -0.368 e. The zero-order valence-corrected chi connectivity index (χ0v) is 21.9. The normalized spacial score (nSPS) is 16.1. The van der Waals surface area contributed by atoms with Crippen molar-refractivity contribution in [2.24, 2.45) is 0 Å². The molecule has 0 aliphatic carbocycles. The maximum Gasteiger partial charge on any atom is 1.00 e. The van der Waals surface area contributed by atoms with Gasteiger partial charge in [0.05, 0.1) is 17.3 Å². The number of fused-ring (bicyclic) bond motifs is 1. The number of aryl methyl sites for hydroxylation is 1. The largest absolute Gasteiger partial charge is 1.00 e. The van der Waals surface area contributed by atoms with E-state index in [4.69, 9.17) is 0 Å². The fourth-order valence-electron chi connectivity index (χ4n) is 3.59. The van der Waals surface area contributed by atoms with Gasteiger partial charge in [-0.1, -0.05) is 41.2 Å². The zero-order valence-electron chi connectivity index (χ0n) is 19.1. The van der Waals surface area contributed by atoms with Gasteiger partial charge in [-0.15, -0.1) is 6.07 Å². The van der Waals surface area contributed by atoms with Gasteiger partial charge in [0.25, 0.3) is 6.43 Å². The molecule has 2 aromatic heterocycles. The van der Waals surface area contributed by atoms with E-state index in [9.17, 15) is 13.2 Å². The van der Waals surface area contributed by atoms with E-state index in [1.807, 2.05) is 6.07 Å². The molecule has 4 rings (SSSR count). The van der Waals surface area contributed by atoms with Crippen molar-refractivity contribution >= 4 is 28.8 Å². The predicted octanol–water partition coefficient (Wildman–Crippen LogP) is 1.64. The number of rotatable bonds is 6. The van der Waals surface area contributed by atoms with Crippen molar-refractivity contribution in [1.29, 1.82) is 0 Å². The molecule has 1 atom stereocenters. The van der Waals surface area contributed by atoms with Crippen molar-refractivity contribution in [3.05, 3.63) is 53.2 Å². The van der Waals surface area contributed by atoms with E-state index in [-0.39, 0.29) is 35.1 Å². The number of hydrogen-bond donors (Lipinski definition) is 1. The summed E-state index contributed by atoms with van der Waals surface area (Å²) >= 11 is 1.58. The average molecular weight is 485 g/mol. The number of pyridine rings is 1. The van der Waals surface area contributed by atoms with Crippen molar-refractivity contribution in [2.45, 2.75) is 31.2 Å². The van der Waals surface area contributed by atoms with Crippen LogP contribution in [0.5, 0.6) is 0 Å². The molecule has 6 nitrogen and oxygen atoms in total. The molecule has 1 saturated heterocycles. The molecule has 1 fully saturated rings. The molecule has 33 heavy (non-hydrogen) atoms. The summed E-state index contributed by atoms with van der Waals surface area (Å²) in [6.07, 6.45) is 0.158. The number of anilines is 1. The van der Waals surface area contributed by atoms with Crippen LogP contribution in [0.3, 0.4) is 0 Å². The molecule has 3 aromatic rings. The van der Waals surface area contributed by atoms with Crippen LogP contribution in [0, 0.1) is 18.9 Å². The van der Waals surface area contributed by atoms with E-state index in [0.717, 1.165) is 37.1 Å². The molecule has 170 valence electrons. The van der Waals surface area contributed by atoms with Crippen molar-refractivity contribution < 1.29 is 42.7 Å². The molecule has 11 heteroatoms. The Morgan fingerprint density at radius 3 is 2.52 bits per heavy atom. The Bertz CT molecular complexity index is 1110. The molecule has 3 heterocycles. The number of halogens is 3. The number of piperazine rings is 1. The van der Waals surface area contributed by atoms with Crippen molar-refractivity contribution in [2.75, 3.05) is 38.5 Å². The summed E-state index contributed by atoms with van der Waals surface area (Å²) < 4.78 is 43.1. The summed E-state index contributed by atoms with van der Waals surface area (Å²) in [7, 11) is 2.10. The van der Waals surface area contributed by atoms with Crippen LogP contribution < -0.4 is 34.9 Å². The van der Waals surface area contributed by atoms with E-state index in [1.165, 1.54) is 12.1 Å². The van der Waals surface area contributed by atoms with Gasteiger partial charge in [-0.2, -0.15) is 0 Å². The third-order valence-electron chi connectivity index (χ3n) is 5.39. The van der Waals surface area contributed by atoms with Crippen LogP contribution in [-0.4, -0.2) is 57.4 Å². The maximum atomic E-state index is 14.6.